The highest BCUT2D eigenvalue weighted by atomic mass is 32.1. The first kappa shape index (κ1) is 12.0. The molecule has 2 aromatic heterocycles. The molecule has 0 aliphatic rings. The molecular weight excluding hydrogens is 232 g/mol. The van der Waals surface area contributed by atoms with Gasteiger partial charge in [0.2, 0.25) is 0 Å². The summed E-state index contributed by atoms with van der Waals surface area (Å²) in [6.45, 7) is 6.17. The average molecular weight is 248 g/mol. The number of hydrogen-bond donors (Lipinski definition) is 1. The lowest BCUT2D eigenvalue weighted by atomic mass is 10.2. The predicted molar refractivity (Wildman–Crippen MR) is 70.3 cm³/mol. The molecule has 0 aromatic carbocycles. The van der Waals surface area contributed by atoms with Crippen molar-refractivity contribution in [3.63, 3.8) is 0 Å². The maximum atomic E-state index is 4.35. The van der Waals surface area contributed by atoms with E-state index in [2.05, 4.69) is 27.2 Å². The van der Waals surface area contributed by atoms with Crippen LogP contribution >= 0.6 is 11.3 Å². The van der Waals surface area contributed by atoms with Crippen molar-refractivity contribution in [1.82, 2.24) is 15.0 Å². The third kappa shape index (κ3) is 2.61. The van der Waals surface area contributed by atoms with Gasteiger partial charge in [0.15, 0.2) is 0 Å². The third-order valence-corrected chi connectivity index (χ3v) is 3.69. The second-order valence-electron chi connectivity index (χ2n) is 3.91. The van der Waals surface area contributed by atoms with Gasteiger partial charge in [-0.1, -0.05) is 6.92 Å². The molecule has 0 fully saturated rings. The maximum absolute atomic E-state index is 4.35. The Morgan fingerprint density at radius 1 is 1.29 bits per heavy atom. The second-order valence-corrected chi connectivity index (χ2v) is 4.83. The minimum Gasteiger partial charge on any atom is -0.361 e. The van der Waals surface area contributed by atoms with Crippen LogP contribution in [-0.4, -0.2) is 15.0 Å². The van der Waals surface area contributed by atoms with Crippen molar-refractivity contribution in [3.05, 3.63) is 34.2 Å². The molecule has 0 aliphatic heterocycles. The van der Waals surface area contributed by atoms with Gasteiger partial charge in [0.25, 0.3) is 0 Å². The fourth-order valence-electron chi connectivity index (χ4n) is 1.59. The lowest BCUT2D eigenvalue weighted by Crippen LogP contribution is -2.12. The second kappa shape index (κ2) is 5.23. The van der Waals surface area contributed by atoms with Gasteiger partial charge < -0.3 is 5.32 Å². The van der Waals surface area contributed by atoms with Gasteiger partial charge in [-0.2, -0.15) is 0 Å². The molecule has 0 radical (unpaired) electrons. The Kier molecular flexibility index (Phi) is 3.68. The van der Waals surface area contributed by atoms with Gasteiger partial charge in [-0.3, -0.25) is 0 Å². The van der Waals surface area contributed by atoms with E-state index in [-0.39, 0.29) is 6.04 Å². The quantitative estimate of drug-likeness (QED) is 0.903. The summed E-state index contributed by atoms with van der Waals surface area (Å²) >= 11 is 1.67. The molecule has 1 N–H and O–H groups in total. The molecule has 2 heterocycles. The third-order valence-electron chi connectivity index (χ3n) is 2.80. The normalized spacial score (nSPS) is 12.4. The van der Waals surface area contributed by atoms with Gasteiger partial charge in [0.1, 0.15) is 17.2 Å². The van der Waals surface area contributed by atoms with Gasteiger partial charge in [-0.05, 0) is 20.3 Å². The molecular formula is C12H16N4S. The van der Waals surface area contributed by atoms with E-state index in [0.717, 1.165) is 28.5 Å². The summed E-state index contributed by atoms with van der Waals surface area (Å²) in [5.74, 6) is 0.902. The average Bonchev–Trinajstić information content (AvgIpc) is 2.85. The van der Waals surface area contributed by atoms with Crippen LogP contribution in [0.2, 0.25) is 0 Å². The predicted octanol–water partition coefficient (Wildman–Crippen LogP) is 3.11. The summed E-state index contributed by atoms with van der Waals surface area (Å²) in [5.41, 5.74) is 2.11. The summed E-state index contributed by atoms with van der Waals surface area (Å²) in [6, 6.07) is 0.225. The summed E-state index contributed by atoms with van der Waals surface area (Å²) in [7, 11) is 0. The van der Waals surface area contributed by atoms with Crippen LogP contribution in [-0.2, 0) is 0 Å². The van der Waals surface area contributed by atoms with Crippen LogP contribution in [0.15, 0.2) is 17.9 Å². The molecule has 0 saturated carbocycles. The van der Waals surface area contributed by atoms with Crippen molar-refractivity contribution in [1.29, 1.82) is 0 Å². The molecule has 0 aliphatic carbocycles. The summed E-state index contributed by atoms with van der Waals surface area (Å²) in [5, 5.41) is 6.53. The van der Waals surface area contributed by atoms with E-state index >= 15 is 0 Å². The van der Waals surface area contributed by atoms with Crippen molar-refractivity contribution in [2.24, 2.45) is 0 Å². The Balaban J connectivity index is 2.22. The zero-order valence-corrected chi connectivity index (χ0v) is 11.1. The monoisotopic (exact) mass is 248 g/mol. The fourth-order valence-corrected chi connectivity index (χ4v) is 2.37. The molecule has 2 aromatic rings. The Morgan fingerprint density at radius 2 is 2.12 bits per heavy atom. The maximum Gasteiger partial charge on any atom is 0.133 e. The molecule has 0 amide bonds. The van der Waals surface area contributed by atoms with E-state index in [1.807, 2.05) is 25.4 Å². The van der Waals surface area contributed by atoms with Gasteiger partial charge >= 0.3 is 0 Å². The molecule has 1 atom stereocenters. The number of nitrogens with zero attached hydrogens (tertiary/aromatic N) is 3. The van der Waals surface area contributed by atoms with E-state index < -0.39 is 0 Å². The van der Waals surface area contributed by atoms with Crippen LogP contribution in [0.3, 0.4) is 0 Å². The highest BCUT2D eigenvalue weighted by molar-refractivity contribution is 7.09. The van der Waals surface area contributed by atoms with Gasteiger partial charge in [0.05, 0.1) is 6.04 Å². The van der Waals surface area contributed by atoms with Crippen LogP contribution in [0.4, 0.5) is 5.82 Å². The highest BCUT2D eigenvalue weighted by Crippen LogP contribution is 2.24. The molecule has 0 saturated heterocycles. The number of aromatic nitrogens is 3. The molecule has 4 nitrogen and oxygen atoms in total. The molecule has 0 bridgehead atoms. The van der Waals surface area contributed by atoms with Gasteiger partial charge in [-0.15, -0.1) is 11.3 Å². The Labute approximate surface area is 105 Å². The standard InChI is InChI=1S/C12H16N4S/c1-4-10(12-13-5-6-17-12)16-11-8(2)9(3)14-7-15-11/h5-7,10H,4H2,1-3H3,(H,14,15,16). The van der Waals surface area contributed by atoms with Crippen molar-refractivity contribution in [2.75, 3.05) is 5.32 Å². The number of hydrogen-bond acceptors (Lipinski definition) is 5. The van der Waals surface area contributed by atoms with E-state index in [0.29, 0.717) is 0 Å². The van der Waals surface area contributed by atoms with Crippen LogP contribution in [0.1, 0.15) is 35.7 Å². The van der Waals surface area contributed by atoms with Crippen LogP contribution in [0.25, 0.3) is 0 Å². The Morgan fingerprint density at radius 3 is 2.76 bits per heavy atom. The summed E-state index contributed by atoms with van der Waals surface area (Å²) < 4.78 is 0. The SMILES string of the molecule is CCC(Nc1ncnc(C)c1C)c1nccs1. The first-order valence-corrected chi connectivity index (χ1v) is 6.54. The number of thiazole rings is 1. The fraction of sp³-hybridized carbons (Fsp3) is 0.417. The summed E-state index contributed by atoms with van der Waals surface area (Å²) in [4.78, 5) is 12.8. The van der Waals surface area contributed by atoms with Crippen molar-refractivity contribution < 1.29 is 0 Å². The smallest absolute Gasteiger partial charge is 0.133 e. The minimum atomic E-state index is 0.225. The molecule has 5 heteroatoms. The first-order valence-electron chi connectivity index (χ1n) is 5.66. The minimum absolute atomic E-state index is 0.225. The van der Waals surface area contributed by atoms with Crippen LogP contribution in [0.5, 0.6) is 0 Å². The number of aryl methyl sites for hydroxylation is 1. The van der Waals surface area contributed by atoms with Crippen molar-refractivity contribution >= 4 is 17.2 Å². The topological polar surface area (TPSA) is 50.7 Å². The van der Waals surface area contributed by atoms with E-state index in [9.17, 15) is 0 Å². The van der Waals surface area contributed by atoms with Crippen LogP contribution < -0.4 is 5.32 Å². The summed E-state index contributed by atoms with van der Waals surface area (Å²) in [6.07, 6.45) is 4.41. The molecule has 90 valence electrons. The first-order chi connectivity index (χ1) is 8.22. The lowest BCUT2D eigenvalue weighted by molar-refractivity contribution is 0.735. The van der Waals surface area contributed by atoms with E-state index in [1.54, 1.807) is 17.7 Å². The number of anilines is 1. The van der Waals surface area contributed by atoms with E-state index in [4.69, 9.17) is 0 Å². The largest absolute Gasteiger partial charge is 0.361 e. The van der Waals surface area contributed by atoms with Crippen LogP contribution in [0, 0.1) is 13.8 Å². The lowest BCUT2D eigenvalue weighted by Gasteiger charge is -2.16. The highest BCUT2D eigenvalue weighted by Gasteiger charge is 2.14. The zero-order chi connectivity index (χ0) is 12.3. The van der Waals surface area contributed by atoms with Crippen molar-refractivity contribution in [2.45, 2.75) is 33.2 Å². The Hall–Kier alpha value is -1.49. The molecule has 0 spiro atoms. The van der Waals surface area contributed by atoms with Gasteiger partial charge in [0, 0.05) is 22.8 Å². The number of rotatable bonds is 4. The Bertz CT molecular complexity index is 481. The molecule has 2 rings (SSSR count). The zero-order valence-electron chi connectivity index (χ0n) is 10.3. The molecule has 17 heavy (non-hydrogen) atoms. The number of nitrogens with one attached hydrogen (secondary N) is 1. The molecule has 1 unspecified atom stereocenters. The van der Waals surface area contributed by atoms with E-state index in [1.165, 1.54) is 0 Å². The van der Waals surface area contributed by atoms with Gasteiger partial charge in [-0.25, -0.2) is 15.0 Å². The van der Waals surface area contributed by atoms with Crippen molar-refractivity contribution in [3.8, 4) is 0 Å².